The minimum absolute atomic E-state index is 0.0302. The number of hydrogen-bond donors (Lipinski definition) is 1. The van der Waals surface area contributed by atoms with Crippen LogP contribution in [0.5, 0.6) is 0 Å². The Kier molecular flexibility index (Phi) is 8.58. The Morgan fingerprint density at radius 1 is 0.815 bits per heavy atom. The summed E-state index contributed by atoms with van der Waals surface area (Å²) in [5, 5.41) is -0.352. The summed E-state index contributed by atoms with van der Waals surface area (Å²) in [4.78, 5) is 24.9. The molecule has 27 heavy (non-hydrogen) atoms. The second-order valence-corrected chi connectivity index (χ2v) is 7.85. The summed E-state index contributed by atoms with van der Waals surface area (Å²) in [6, 6.07) is 15.6. The van der Waals surface area contributed by atoms with Crippen molar-refractivity contribution in [2.24, 2.45) is 11.7 Å². The molecule has 2 N–H and O–H groups in total. The van der Waals surface area contributed by atoms with E-state index >= 15 is 0 Å². The van der Waals surface area contributed by atoms with Gasteiger partial charge in [-0.15, -0.1) is 0 Å². The Balaban J connectivity index is 1.86. The first kappa shape index (κ1) is 21.2. The molecule has 0 saturated carbocycles. The lowest BCUT2D eigenvalue weighted by atomic mass is 10.1. The first-order valence-corrected chi connectivity index (χ1v) is 10.5. The molecule has 2 rings (SSSR count). The van der Waals surface area contributed by atoms with Crippen molar-refractivity contribution in [3.8, 4) is 0 Å². The van der Waals surface area contributed by atoms with Crippen molar-refractivity contribution >= 4 is 45.9 Å². The molecule has 0 atom stereocenters. The fourth-order valence-corrected chi connectivity index (χ4v) is 4.18. The molecule has 0 aliphatic carbocycles. The van der Waals surface area contributed by atoms with Crippen molar-refractivity contribution in [3.05, 3.63) is 83.9 Å². The van der Waals surface area contributed by atoms with Crippen LogP contribution in [-0.2, 0) is 21.1 Å². The van der Waals surface area contributed by atoms with Crippen molar-refractivity contribution in [1.29, 1.82) is 0 Å². The van der Waals surface area contributed by atoms with Gasteiger partial charge in [0.25, 0.3) is 0 Å². The van der Waals surface area contributed by atoms with Gasteiger partial charge in [-0.1, -0.05) is 97.4 Å². The van der Waals surface area contributed by atoms with E-state index in [1.54, 1.807) is 12.2 Å². The van der Waals surface area contributed by atoms with E-state index in [1.165, 1.54) is 0 Å². The highest BCUT2D eigenvalue weighted by Gasteiger charge is 2.25. The lowest BCUT2D eigenvalue weighted by Gasteiger charge is -2.12. The minimum atomic E-state index is -0.778. The van der Waals surface area contributed by atoms with Gasteiger partial charge in [-0.05, 0) is 22.3 Å². The SMILES string of the molecule is C=Cc1ccc(CSC(=O)C(CN)C(=O)SCc2ccc(C=C)cc2)cc1. The van der Waals surface area contributed by atoms with Gasteiger partial charge < -0.3 is 5.73 Å². The Morgan fingerprint density at radius 3 is 1.48 bits per heavy atom. The predicted molar refractivity (Wildman–Crippen MR) is 118 cm³/mol. The smallest absolute Gasteiger partial charge is 0.201 e. The van der Waals surface area contributed by atoms with Crippen LogP contribution >= 0.6 is 23.5 Å². The number of nitrogens with two attached hydrogens (primary N) is 1. The molecule has 0 bridgehead atoms. The van der Waals surface area contributed by atoms with Crippen LogP contribution < -0.4 is 5.73 Å². The van der Waals surface area contributed by atoms with E-state index in [-0.39, 0.29) is 16.8 Å². The second-order valence-electron chi connectivity index (χ2n) is 5.90. The molecule has 0 aliphatic rings. The van der Waals surface area contributed by atoms with Crippen LogP contribution in [0, 0.1) is 5.92 Å². The van der Waals surface area contributed by atoms with Gasteiger partial charge in [-0.2, -0.15) is 0 Å². The molecule has 0 unspecified atom stereocenters. The van der Waals surface area contributed by atoms with Crippen molar-refractivity contribution in [2.75, 3.05) is 6.54 Å². The van der Waals surface area contributed by atoms with Gasteiger partial charge in [0.1, 0.15) is 5.92 Å². The van der Waals surface area contributed by atoms with Crippen molar-refractivity contribution in [1.82, 2.24) is 0 Å². The fraction of sp³-hybridized carbons (Fsp3) is 0.182. The lowest BCUT2D eigenvalue weighted by Crippen LogP contribution is -2.28. The first-order chi connectivity index (χ1) is 13.1. The van der Waals surface area contributed by atoms with Crippen LogP contribution in [0.25, 0.3) is 12.2 Å². The molecular formula is C22H23NO2S2. The summed E-state index contributed by atoms with van der Waals surface area (Å²) in [6.45, 7) is 7.47. The highest BCUT2D eigenvalue weighted by Crippen LogP contribution is 2.24. The average molecular weight is 398 g/mol. The fourth-order valence-electron chi connectivity index (χ4n) is 2.30. The monoisotopic (exact) mass is 397 g/mol. The van der Waals surface area contributed by atoms with E-state index in [0.717, 1.165) is 45.8 Å². The van der Waals surface area contributed by atoms with Crippen LogP contribution in [0.15, 0.2) is 61.7 Å². The molecule has 140 valence electrons. The third-order valence-corrected chi connectivity index (χ3v) is 6.09. The molecule has 0 heterocycles. The maximum Gasteiger partial charge on any atom is 0.201 e. The standard InChI is InChI=1S/C22H23NO2S2/c1-3-16-5-9-18(10-6-16)14-26-21(24)20(13-23)22(25)27-15-19-11-7-17(4-2)8-12-19/h3-12,20H,1-2,13-15,23H2. The van der Waals surface area contributed by atoms with Crippen LogP contribution in [0.2, 0.25) is 0 Å². The molecule has 0 aromatic heterocycles. The summed E-state index contributed by atoms with van der Waals surface area (Å²) < 4.78 is 0. The maximum atomic E-state index is 12.4. The van der Waals surface area contributed by atoms with Crippen LogP contribution in [0.3, 0.4) is 0 Å². The number of rotatable bonds is 9. The van der Waals surface area contributed by atoms with Gasteiger partial charge in [-0.25, -0.2) is 0 Å². The molecule has 0 fully saturated rings. The van der Waals surface area contributed by atoms with Crippen molar-refractivity contribution in [3.63, 3.8) is 0 Å². The van der Waals surface area contributed by atoms with Gasteiger partial charge in [0, 0.05) is 18.1 Å². The normalized spacial score (nSPS) is 10.6. The number of carbonyl (C=O) groups excluding carboxylic acids is 2. The van der Waals surface area contributed by atoms with E-state index in [9.17, 15) is 9.59 Å². The topological polar surface area (TPSA) is 60.2 Å². The molecular weight excluding hydrogens is 374 g/mol. The van der Waals surface area contributed by atoms with Gasteiger partial charge in [0.05, 0.1) is 0 Å². The number of thioether (sulfide) groups is 2. The van der Waals surface area contributed by atoms with Crippen LogP contribution in [0.1, 0.15) is 22.3 Å². The third kappa shape index (κ3) is 6.54. The van der Waals surface area contributed by atoms with Crippen molar-refractivity contribution in [2.45, 2.75) is 11.5 Å². The van der Waals surface area contributed by atoms with Crippen molar-refractivity contribution < 1.29 is 9.59 Å². The van der Waals surface area contributed by atoms with Gasteiger partial charge in [-0.3, -0.25) is 9.59 Å². The molecule has 0 saturated heterocycles. The molecule has 0 spiro atoms. The number of hydrogen-bond acceptors (Lipinski definition) is 5. The highest BCUT2D eigenvalue weighted by molar-refractivity contribution is 8.15. The third-order valence-electron chi connectivity index (χ3n) is 4.00. The summed E-state index contributed by atoms with van der Waals surface area (Å²) in [5.74, 6) is 0.265. The summed E-state index contributed by atoms with van der Waals surface area (Å²) >= 11 is 2.28. The largest absolute Gasteiger partial charge is 0.329 e. The highest BCUT2D eigenvalue weighted by atomic mass is 32.2. The number of benzene rings is 2. The number of carbonyl (C=O) groups is 2. The first-order valence-electron chi connectivity index (χ1n) is 8.53. The van der Waals surface area contributed by atoms with E-state index in [4.69, 9.17) is 5.73 Å². The second kappa shape index (κ2) is 10.9. The maximum absolute atomic E-state index is 12.4. The average Bonchev–Trinajstić information content (AvgIpc) is 2.72. The van der Waals surface area contributed by atoms with Crippen LogP contribution in [-0.4, -0.2) is 16.8 Å². The Morgan fingerprint density at radius 2 is 1.19 bits per heavy atom. The molecule has 2 aromatic rings. The van der Waals surface area contributed by atoms with E-state index < -0.39 is 5.92 Å². The molecule has 0 aliphatic heterocycles. The van der Waals surface area contributed by atoms with Crippen LogP contribution in [0.4, 0.5) is 0 Å². The molecule has 3 nitrogen and oxygen atoms in total. The van der Waals surface area contributed by atoms with Gasteiger partial charge in [0.15, 0.2) is 0 Å². The Hall–Kier alpha value is -2.08. The summed E-state index contributed by atoms with van der Waals surface area (Å²) in [6.07, 6.45) is 3.54. The Bertz CT molecular complexity index is 731. The zero-order chi connectivity index (χ0) is 19.6. The zero-order valence-electron chi connectivity index (χ0n) is 15.1. The quantitative estimate of drug-likeness (QED) is 0.618. The van der Waals surface area contributed by atoms with E-state index in [1.807, 2.05) is 48.5 Å². The molecule has 2 aromatic carbocycles. The summed E-state index contributed by atoms with van der Waals surface area (Å²) in [5.41, 5.74) is 9.81. The zero-order valence-corrected chi connectivity index (χ0v) is 16.7. The molecule has 5 heteroatoms. The minimum Gasteiger partial charge on any atom is -0.329 e. The van der Waals surface area contributed by atoms with Gasteiger partial charge in [0.2, 0.25) is 10.2 Å². The van der Waals surface area contributed by atoms with E-state index in [2.05, 4.69) is 13.2 Å². The summed E-state index contributed by atoms with van der Waals surface area (Å²) in [7, 11) is 0. The molecule has 0 radical (unpaired) electrons. The molecule has 0 amide bonds. The van der Waals surface area contributed by atoms with Gasteiger partial charge >= 0.3 is 0 Å². The van der Waals surface area contributed by atoms with E-state index in [0.29, 0.717) is 11.5 Å². The predicted octanol–water partition coefficient (Wildman–Crippen LogP) is 4.77. The lowest BCUT2D eigenvalue weighted by molar-refractivity contribution is -0.122. The Labute approximate surface area is 169 Å².